The molecule has 0 aliphatic carbocycles. The Labute approximate surface area is 391 Å². The summed E-state index contributed by atoms with van der Waals surface area (Å²) in [5.41, 5.74) is 0. The van der Waals surface area contributed by atoms with Crippen LogP contribution in [0.4, 0.5) is 0 Å². The van der Waals surface area contributed by atoms with E-state index in [1.165, 1.54) is 180 Å². The molecule has 0 bridgehead atoms. The van der Waals surface area contributed by atoms with Crippen LogP contribution in [0.15, 0.2) is 12.2 Å². The number of carbonyl (C=O) groups excluding carboxylic acids is 1. The Balaban J connectivity index is 2.34. The number of unbranched alkanes of at least 4 members (excludes halogenated alkanes) is 32. The monoisotopic (exact) mass is 935 g/mol. The standard InChI is InChI=1S/C51H98O12S/c1-3-5-7-9-11-13-15-17-19-21-23-25-27-29-31-33-35-37-39-41-59-43-45(44-60-51-49(55)50(63-64(56,57)58)48(54)46(42-52)62-51)61-47(53)40-38-36-34-32-30-28-26-24-22-20-18-16-14-12-10-8-6-4-2/h19,21,45-46,48-52,54-55H,3-18,20,22-44H2,1-2H3,(H,56,57,58)/b21-19-. The van der Waals surface area contributed by atoms with Crippen molar-refractivity contribution in [2.75, 3.05) is 26.4 Å². The second-order valence-electron chi connectivity index (χ2n) is 18.5. The van der Waals surface area contributed by atoms with Crippen molar-refractivity contribution < 1.29 is 56.2 Å². The van der Waals surface area contributed by atoms with Gasteiger partial charge in [0.2, 0.25) is 0 Å². The van der Waals surface area contributed by atoms with E-state index in [9.17, 15) is 33.1 Å². The summed E-state index contributed by atoms with van der Waals surface area (Å²) in [5.74, 6) is -0.394. The van der Waals surface area contributed by atoms with Gasteiger partial charge in [-0.15, -0.1) is 0 Å². The highest BCUT2D eigenvalue weighted by atomic mass is 32.3. The molecule has 1 rings (SSSR count). The molecule has 0 aromatic heterocycles. The summed E-state index contributed by atoms with van der Waals surface area (Å²) in [6.07, 6.45) is 39.5. The molecule has 0 aromatic carbocycles. The van der Waals surface area contributed by atoms with Gasteiger partial charge in [-0.05, 0) is 38.5 Å². The number of ether oxygens (including phenoxy) is 4. The number of esters is 1. The van der Waals surface area contributed by atoms with Gasteiger partial charge in [-0.25, -0.2) is 4.18 Å². The molecule has 1 saturated heterocycles. The van der Waals surface area contributed by atoms with E-state index < -0.39 is 59.8 Å². The Kier molecular flexibility index (Phi) is 41.0. The Morgan fingerprint density at radius 3 is 1.41 bits per heavy atom. The normalized spacial score (nSPS) is 19.8. The van der Waals surface area contributed by atoms with E-state index >= 15 is 0 Å². The lowest BCUT2D eigenvalue weighted by Crippen LogP contribution is -2.60. The summed E-state index contributed by atoms with van der Waals surface area (Å²) in [5, 5.41) is 30.8. The van der Waals surface area contributed by atoms with Crippen LogP contribution in [0, 0.1) is 0 Å². The highest BCUT2D eigenvalue weighted by Gasteiger charge is 2.48. The van der Waals surface area contributed by atoms with Gasteiger partial charge in [0.1, 0.15) is 30.5 Å². The molecule has 0 radical (unpaired) electrons. The third-order valence-electron chi connectivity index (χ3n) is 12.4. The van der Waals surface area contributed by atoms with Crippen molar-refractivity contribution in [2.45, 2.75) is 282 Å². The van der Waals surface area contributed by atoms with Gasteiger partial charge >= 0.3 is 16.4 Å². The quantitative estimate of drug-likeness (QED) is 0.0197. The minimum absolute atomic E-state index is 0.0399. The number of aliphatic hydroxyl groups is 3. The molecule has 380 valence electrons. The predicted octanol–water partition coefficient (Wildman–Crippen LogP) is 12.2. The molecule has 0 spiro atoms. The van der Waals surface area contributed by atoms with Crippen molar-refractivity contribution >= 4 is 16.4 Å². The molecule has 64 heavy (non-hydrogen) atoms. The Bertz CT molecular complexity index is 1170. The van der Waals surface area contributed by atoms with Crippen LogP contribution >= 0.6 is 0 Å². The number of hydrogen-bond acceptors (Lipinski definition) is 11. The first kappa shape index (κ1) is 60.9. The Hall–Kier alpha value is -1.16. The fourth-order valence-corrected chi connectivity index (χ4v) is 8.88. The molecule has 0 amide bonds. The van der Waals surface area contributed by atoms with Gasteiger partial charge in [0.25, 0.3) is 0 Å². The first-order valence-corrected chi connectivity index (χ1v) is 27.8. The summed E-state index contributed by atoms with van der Waals surface area (Å²) >= 11 is 0. The average molecular weight is 935 g/mol. The van der Waals surface area contributed by atoms with Gasteiger partial charge in [-0.1, -0.05) is 212 Å². The van der Waals surface area contributed by atoms with Crippen molar-refractivity contribution in [2.24, 2.45) is 0 Å². The smallest absolute Gasteiger partial charge is 0.397 e. The zero-order valence-electron chi connectivity index (χ0n) is 40.9. The molecular weight excluding hydrogens is 837 g/mol. The zero-order chi connectivity index (χ0) is 46.8. The van der Waals surface area contributed by atoms with Crippen LogP contribution in [-0.4, -0.2) is 97.5 Å². The maximum Gasteiger partial charge on any atom is 0.397 e. The third-order valence-corrected chi connectivity index (χ3v) is 12.9. The molecule has 6 unspecified atom stereocenters. The van der Waals surface area contributed by atoms with Crippen LogP contribution in [0.2, 0.25) is 0 Å². The second kappa shape index (κ2) is 43.1. The minimum Gasteiger partial charge on any atom is -0.457 e. The summed E-state index contributed by atoms with van der Waals surface area (Å²) in [7, 11) is -5.06. The molecule has 1 aliphatic heterocycles. The van der Waals surface area contributed by atoms with Crippen molar-refractivity contribution in [1.82, 2.24) is 0 Å². The summed E-state index contributed by atoms with van der Waals surface area (Å²) in [6, 6.07) is 0. The van der Waals surface area contributed by atoms with E-state index in [0.717, 1.165) is 38.5 Å². The van der Waals surface area contributed by atoms with Crippen molar-refractivity contribution in [3.63, 3.8) is 0 Å². The van der Waals surface area contributed by atoms with Crippen molar-refractivity contribution in [1.29, 1.82) is 0 Å². The SMILES string of the molecule is CCCCCCCCC/C=C\CCCCCCCCCCOCC(COC1OC(CO)C(O)C(OS(=O)(=O)O)C1O)OC(=O)CCCCCCCCCCCCCCCCCCCC. The van der Waals surface area contributed by atoms with E-state index in [1.807, 2.05) is 0 Å². The first-order chi connectivity index (χ1) is 31.1. The van der Waals surface area contributed by atoms with Gasteiger partial charge in [-0.3, -0.25) is 9.35 Å². The van der Waals surface area contributed by atoms with Crippen molar-refractivity contribution in [3.8, 4) is 0 Å². The highest BCUT2D eigenvalue weighted by Crippen LogP contribution is 2.26. The number of carbonyl (C=O) groups is 1. The molecule has 1 aliphatic rings. The van der Waals surface area contributed by atoms with E-state index in [4.69, 9.17) is 18.9 Å². The Morgan fingerprint density at radius 1 is 0.578 bits per heavy atom. The zero-order valence-corrected chi connectivity index (χ0v) is 41.7. The maximum atomic E-state index is 12.9. The van der Waals surface area contributed by atoms with Crippen LogP contribution in [0.1, 0.15) is 245 Å². The lowest BCUT2D eigenvalue weighted by Gasteiger charge is -2.41. The predicted molar refractivity (Wildman–Crippen MR) is 258 cm³/mol. The number of rotatable bonds is 47. The van der Waals surface area contributed by atoms with Gasteiger partial charge < -0.3 is 34.3 Å². The topological polar surface area (TPSA) is 178 Å². The van der Waals surface area contributed by atoms with Crippen LogP contribution in [0.3, 0.4) is 0 Å². The van der Waals surface area contributed by atoms with E-state index in [1.54, 1.807) is 0 Å². The molecule has 12 nitrogen and oxygen atoms in total. The van der Waals surface area contributed by atoms with Crippen LogP contribution < -0.4 is 0 Å². The number of allylic oxidation sites excluding steroid dienone is 2. The van der Waals surface area contributed by atoms with E-state index in [-0.39, 0.29) is 19.6 Å². The van der Waals surface area contributed by atoms with E-state index in [0.29, 0.717) is 13.0 Å². The number of aliphatic hydroxyl groups excluding tert-OH is 3. The number of hydrogen-bond donors (Lipinski definition) is 4. The molecule has 1 heterocycles. The van der Waals surface area contributed by atoms with E-state index in [2.05, 4.69) is 30.2 Å². The van der Waals surface area contributed by atoms with Crippen molar-refractivity contribution in [3.05, 3.63) is 12.2 Å². The third kappa shape index (κ3) is 36.0. The molecular formula is C51H98O12S. The lowest BCUT2D eigenvalue weighted by atomic mass is 9.99. The van der Waals surface area contributed by atoms with Gasteiger partial charge in [0.05, 0.1) is 19.8 Å². The maximum absolute atomic E-state index is 12.9. The average Bonchev–Trinajstić information content (AvgIpc) is 3.27. The Morgan fingerprint density at radius 2 is 0.984 bits per heavy atom. The van der Waals surface area contributed by atoms with Gasteiger partial charge in [0, 0.05) is 13.0 Å². The molecule has 4 N–H and O–H groups in total. The van der Waals surface area contributed by atoms with Crippen LogP contribution in [0.5, 0.6) is 0 Å². The fourth-order valence-electron chi connectivity index (χ4n) is 8.38. The summed E-state index contributed by atoms with van der Waals surface area (Å²) in [6.45, 7) is 4.04. The van der Waals surface area contributed by atoms with Crippen LogP contribution in [-0.2, 0) is 38.3 Å². The summed E-state index contributed by atoms with van der Waals surface area (Å²) < 4.78 is 59.3. The van der Waals surface area contributed by atoms with Gasteiger partial charge in [0.15, 0.2) is 6.29 Å². The minimum atomic E-state index is -5.06. The second-order valence-corrected chi connectivity index (χ2v) is 19.5. The highest BCUT2D eigenvalue weighted by molar-refractivity contribution is 7.80. The molecule has 0 saturated carbocycles. The molecule has 6 atom stereocenters. The fraction of sp³-hybridized carbons (Fsp3) is 0.941. The van der Waals surface area contributed by atoms with Gasteiger partial charge in [-0.2, -0.15) is 8.42 Å². The van der Waals surface area contributed by atoms with Crippen LogP contribution in [0.25, 0.3) is 0 Å². The largest absolute Gasteiger partial charge is 0.457 e. The molecule has 1 fully saturated rings. The molecule has 13 heteroatoms. The first-order valence-electron chi connectivity index (χ1n) is 26.4. The molecule has 0 aromatic rings. The lowest BCUT2D eigenvalue weighted by molar-refractivity contribution is -0.301. The summed E-state index contributed by atoms with van der Waals surface area (Å²) in [4.78, 5) is 12.9.